The summed E-state index contributed by atoms with van der Waals surface area (Å²) < 4.78 is 12.0. The molecule has 3 aromatic rings. The Balaban J connectivity index is 1.62. The van der Waals surface area contributed by atoms with Crippen molar-refractivity contribution >= 4 is 5.69 Å². The summed E-state index contributed by atoms with van der Waals surface area (Å²) in [6.45, 7) is 5.39. The summed E-state index contributed by atoms with van der Waals surface area (Å²) >= 11 is 0. The van der Waals surface area contributed by atoms with Gasteiger partial charge < -0.3 is 14.2 Å². The summed E-state index contributed by atoms with van der Waals surface area (Å²) in [7, 11) is 1.95. The van der Waals surface area contributed by atoms with Crippen molar-refractivity contribution in [1.29, 1.82) is 0 Å². The molecule has 0 amide bonds. The minimum Gasteiger partial charge on any atom is -0.377 e. The molecule has 1 aliphatic heterocycles. The number of anilines is 1. The van der Waals surface area contributed by atoms with Crippen molar-refractivity contribution in [3.05, 3.63) is 58.0 Å². The van der Waals surface area contributed by atoms with Crippen LogP contribution in [0, 0.1) is 13.8 Å². The Morgan fingerprint density at radius 3 is 2.70 bits per heavy atom. The molecule has 0 aromatic carbocycles. The van der Waals surface area contributed by atoms with E-state index in [0.29, 0.717) is 30.7 Å². The van der Waals surface area contributed by atoms with Gasteiger partial charge in [0.1, 0.15) is 11.5 Å². The summed E-state index contributed by atoms with van der Waals surface area (Å²) in [6.07, 6.45) is 3.46. The fraction of sp³-hybridized carbons (Fsp3) is 0.368. The average molecular weight is 367 g/mol. The predicted octanol–water partition coefficient (Wildman–Crippen LogP) is 1.79. The van der Waals surface area contributed by atoms with Crippen LogP contribution in [-0.4, -0.2) is 46.2 Å². The number of hydrogen-bond acceptors (Lipinski definition) is 7. The second kappa shape index (κ2) is 6.96. The molecular formula is C19H21N5O3. The third-order valence-corrected chi connectivity index (χ3v) is 4.91. The van der Waals surface area contributed by atoms with Gasteiger partial charge in [-0.2, -0.15) is 5.10 Å². The number of ether oxygens (including phenoxy) is 1. The average Bonchev–Trinajstić information content (AvgIpc) is 2.96. The molecule has 27 heavy (non-hydrogen) atoms. The Hall–Kier alpha value is -3.00. The summed E-state index contributed by atoms with van der Waals surface area (Å²) in [5.41, 5.74) is 3.89. The molecule has 0 saturated carbocycles. The number of aromatic nitrogens is 4. The monoisotopic (exact) mass is 367 g/mol. The van der Waals surface area contributed by atoms with Gasteiger partial charge in [-0.05, 0) is 26.0 Å². The van der Waals surface area contributed by atoms with Crippen LogP contribution in [0.25, 0.3) is 11.3 Å². The van der Waals surface area contributed by atoms with Gasteiger partial charge in [0, 0.05) is 36.1 Å². The van der Waals surface area contributed by atoms with E-state index in [9.17, 15) is 4.79 Å². The Morgan fingerprint density at radius 2 is 2.07 bits per heavy atom. The van der Waals surface area contributed by atoms with Crippen molar-refractivity contribution in [3.63, 3.8) is 0 Å². The zero-order valence-corrected chi connectivity index (χ0v) is 15.5. The summed E-state index contributed by atoms with van der Waals surface area (Å²) in [4.78, 5) is 18.9. The van der Waals surface area contributed by atoms with Crippen LogP contribution in [0.4, 0.5) is 5.69 Å². The number of aryl methyl sites for hydroxylation is 2. The van der Waals surface area contributed by atoms with Gasteiger partial charge in [-0.15, -0.1) is 0 Å². The van der Waals surface area contributed by atoms with Crippen LogP contribution in [0.3, 0.4) is 0 Å². The minimum atomic E-state index is -0.173. The van der Waals surface area contributed by atoms with Crippen LogP contribution in [0.1, 0.15) is 17.0 Å². The van der Waals surface area contributed by atoms with E-state index in [4.69, 9.17) is 9.26 Å². The van der Waals surface area contributed by atoms with Gasteiger partial charge in [-0.25, -0.2) is 4.68 Å². The summed E-state index contributed by atoms with van der Waals surface area (Å²) in [5.74, 6) is 0.659. The maximum atomic E-state index is 12.6. The highest BCUT2D eigenvalue weighted by molar-refractivity contribution is 5.62. The molecule has 0 N–H and O–H groups in total. The fourth-order valence-corrected chi connectivity index (χ4v) is 2.96. The zero-order valence-electron chi connectivity index (χ0n) is 15.5. The Morgan fingerprint density at radius 1 is 1.26 bits per heavy atom. The lowest BCUT2D eigenvalue weighted by Gasteiger charge is -2.35. The molecule has 4 rings (SSSR count). The first-order valence-electron chi connectivity index (χ1n) is 8.79. The lowest BCUT2D eigenvalue weighted by molar-refractivity contribution is 0.0101. The maximum Gasteiger partial charge on any atom is 0.269 e. The molecule has 0 unspecified atom stereocenters. The highest BCUT2D eigenvalue weighted by Crippen LogP contribution is 2.25. The predicted molar refractivity (Wildman–Crippen MR) is 99.8 cm³/mol. The van der Waals surface area contributed by atoms with Crippen molar-refractivity contribution in [2.75, 3.05) is 25.2 Å². The van der Waals surface area contributed by atoms with E-state index in [0.717, 1.165) is 22.5 Å². The molecule has 8 heteroatoms. The third kappa shape index (κ3) is 3.35. The van der Waals surface area contributed by atoms with Gasteiger partial charge in [0.15, 0.2) is 0 Å². The topological polar surface area (TPSA) is 86.3 Å². The second-order valence-corrected chi connectivity index (χ2v) is 6.77. The molecule has 1 saturated heterocycles. The van der Waals surface area contributed by atoms with Gasteiger partial charge in [-0.1, -0.05) is 5.16 Å². The first-order chi connectivity index (χ1) is 13.0. The third-order valence-electron chi connectivity index (χ3n) is 4.91. The molecule has 1 aliphatic rings. The van der Waals surface area contributed by atoms with E-state index in [1.54, 1.807) is 18.5 Å². The molecule has 0 bridgehead atoms. The first-order valence-corrected chi connectivity index (χ1v) is 8.79. The van der Waals surface area contributed by atoms with Crippen LogP contribution in [-0.2, 0) is 11.3 Å². The van der Waals surface area contributed by atoms with Gasteiger partial charge in [-0.3, -0.25) is 9.78 Å². The van der Waals surface area contributed by atoms with Crippen LogP contribution in [0.5, 0.6) is 0 Å². The van der Waals surface area contributed by atoms with Crippen molar-refractivity contribution in [2.45, 2.75) is 26.4 Å². The molecule has 0 atom stereocenters. The van der Waals surface area contributed by atoms with E-state index >= 15 is 0 Å². The van der Waals surface area contributed by atoms with E-state index in [2.05, 4.69) is 15.2 Å². The Kier molecular flexibility index (Phi) is 4.49. The van der Waals surface area contributed by atoms with E-state index in [1.807, 2.05) is 37.9 Å². The lowest BCUT2D eigenvalue weighted by Crippen LogP contribution is -2.47. The highest BCUT2D eigenvalue weighted by atomic mass is 16.5. The Labute approximate surface area is 156 Å². The van der Waals surface area contributed by atoms with Crippen molar-refractivity contribution in [3.8, 4) is 11.3 Å². The molecule has 4 heterocycles. The smallest absolute Gasteiger partial charge is 0.269 e. The molecule has 8 nitrogen and oxygen atoms in total. The molecular weight excluding hydrogens is 346 g/mol. The van der Waals surface area contributed by atoms with Crippen LogP contribution in [0.2, 0.25) is 0 Å². The van der Waals surface area contributed by atoms with Gasteiger partial charge in [0.25, 0.3) is 5.56 Å². The Bertz CT molecular complexity index is 1000. The number of nitrogens with zero attached hydrogens (tertiary/aromatic N) is 5. The SMILES string of the molecule is Cc1ccc(-c2noc(C)c2Cn2ncc(N(C)C3COC3)cc2=O)cn1. The zero-order chi connectivity index (χ0) is 19.0. The number of likely N-dealkylation sites (N-methyl/N-ethyl adjacent to an activating group) is 1. The summed E-state index contributed by atoms with van der Waals surface area (Å²) in [6, 6.07) is 5.75. The van der Waals surface area contributed by atoms with Crippen molar-refractivity contribution < 1.29 is 9.26 Å². The quantitative estimate of drug-likeness (QED) is 0.679. The minimum absolute atomic E-state index is 0.173. The molecule has 0 spiro atoms. The van der Waals surface area contributed by atoms with Gasteiger partial charge in [0.2, 0.25) is 0 Å². The number of pyridine rings is 1. The largest absolute Gasteiger partial charge is 0.377 e. The standard InChI is InChI=1S/C19H21N5O3/c1-12-4-5-14(7-20-12)19-17(13(2)27-22-19)9-24-18(25)6-15(8-21-24)23(3)16-10-26-11-16/h4-8,16H,9-11H2,1-3H3. The molecule has 1 fully saturated rings. The van der Waals surface area contributed by atoms with Crippen LogP contribution in [0.15, 0.2) is 39.9 Å². The second-order valence-electron chi connectivity index (χ2n) is 6.77. The molecule has 0 radical (unpaired) electrons. The van der Waals surface area contributed by atoms with Crippen LogP contribution >= 0.6 is 0 Å². The van der Waals surface area contributed by atoms with Crippen molar-refractivity contribution in [1.82, 2.24) is 19.9 Å². The van der Waals surface area contributed by atoms with Crippen molar-refractivity contribution in [2.24, 2.45) is 0 Å². The first kappa shape index (κ1) is 17.4. The molecule has 140 valence electrons. The van der Waals surface area contributed by atoms with E-state index < -0.39 is 0 Å². The molecule has 0 aliphatic carbocycles. The maximum absolute atomic E-state index is 12.6. The van der Waals surface area contributed by atoms with Gasteiger partial charge in [0.05, 0.1) is 37.7 Å². The number of hydrogen-bond donors (Lipinski definition) is 0. The van der Waals surface area contributed by atoms with E-state index in [-0.39, 0.29) is 12.1 Å². The normalized spacial score (nSPS) is 14.2. The highest BCUT2D eigenvalue weighted by Gasteiger charge is 2.24. The van der Waals surface area contributed by atoms with E-state index in [1.165, 1.54) is 4.68 Å². The fourth-order valence-electron chi connectivity index (χ4n) is 2.96. The van der Waals surface area contributed by atoms with Crippen LogP contribution < -0.4 is 10.5 Å². The lowest BCUT2D eigenvalue weighted by atomic mass is 10.1. The van der Waals surface area contributed by atoms with Gasteiger partial charge >= 0.3 is 0 Å². The summed E-state index contributed by atoms with van der Waals surface area (Å²) in [5, 5.41) is 8.49. The number of rotatable bonds is 5. The molecule has 3 aromatic heterocycles.